The van der Waals surface area contributed by atoms with Gasteiger partial charge >= 0.3 is 5.97 Å². The highest BCUT2D eigenvalue weighted by Gasteiger charge is 2.83. The Labute approximate surface area is 148 Å². The van der Waals surface area contributed by atoms with Crippen molar-refractivity contribution < 1.29 is 19.1 Å². The molecule has 0 unspecified atom stereocenters. The lowest BCUT2D eigenvalue weighted by Gasteiger charge is -2.52. The number of allylic oxidation sites excluding steroid dienone is 1. The largest absolute Gasteiger partial charge is 0.461 e. The molecule has 0 saturated heterocycles. The SMILES string of the molecule is CC(=O)O[C@@H]1[C@]23CC[C@@H]4[C@H](CC[C@]5(C)C(=O)CC[C@@H]45)[C@]12C=CC(=O)C3. The first-order valence-corrected chi connectivity index (χ1v) is 9.78. The molecular formula is C21H26O4. The Kier molecular flexibility index (Phi) is 2.92. The molecule has 0 bridgehead atoms. The van der Waals surface area contributed by atoms with Crippen molar-refractivity contribution in [3.05, 3.63) is 12.2 Å². The maximum atomic E-state index is 12.5. The first-order valence-electron chi connectivity index (χ1n) is 9.78. The zero-order valence-corrected chi connectivity index (χ0v) is 15.0. The molecule has 0 N–H and O–H groups in total. The van der Waals surface area contributed by atoms with Crippen LogP contribution in [-0.4, -0.2) is 23.6 Å². The van der Waals surface area contributed by atoms with Crippen LogP contribution in [0, 0.1) is 34.0 Å². The Morgan fingerprint density at radius 2 is 1.96 bits per heavy atom. The van der Waals surface area contributed by atoms with Crippen molar-refractivity contribution in [3.63, 3.8) is 0 Å². The van der Waals surface area contributed by atoms with E-state index < -0.39 is 0 Å². The Bertz CT molecular complexity index is 723. The quantitative estimate of drug-likeness (QED) is 0.687. The third-order valence-electron chi connectivity index (χ3n) is 8.72. The van der Waals surface area contributed by atoms with Crippen LogP contribution in [0.15, 0.2) is 12.2 Å². The van der Waals surface area contributed by atoms with Crippen LogP contribution in [0.1, 0.15) is 58.8 Å². The summed E-state index contributed by atoms with van der Waals surface area (Å²) in [5.74, 6) is 1.81. The summed E-state index contributed by atoms with van der Waals surface area (Å²) in [4.78, 5) is 36.4. The monoisotopic (exact) mass is 342 g/mol. The second kappa shape index (κ2) is 4.63. The highest BCUT2D eigenvalue weighted by molar-refractivity contribution is 5.93. The van der Waals surface area contributed by atoms with Crippen molar-refractivity contribution in [1.82, 2.24) is 0 Å². The van der Waals surface area contributed by atoms with Gasteiger partial charge in [-0.05, 0) is 55.9 Å². The van der Waals surface area contributed by atoms with Crippen molar-refractivity contribution >= 4 is 17.5 Å². The van der Waals surface area contributed by atoms with Crippen LogP contribution in [0.5, 0.6) is 0 Å². The van der Waals surface area contributed by atoms with Gasteiger partial charge in [0.1, 0.15) is 11.9 Å². The number of ketones is 2. The Balaban J connectivity index is 1.56. The molecule has 0 aromatic rings. The second-order valence-electron chi connectivity index (χ2n) is 9.39. The van der Waals surface area contributed by atoms with Gasteiger partial charge in [0.15, 0.2) is 5.78 Å². The molecule has 5 rings (SSSR count). The Morgan fingerprint density at radius 3 is 2.72 bits per heavy atom. The van der Waals surface area contributed by atoms with E-state index in [0.29, 0.717) is 30.0 Å². The van der Waals surface area contributed by atoms with Crippen molar-refractivity contribution in [2.24, 2.45) is 34.0 Å². The van der Waals surface area contributed by atoms with E-state index in [2.05, 4.69) is 13.0 Å². The maximum Gasteiger partial charge on any atom is 0.302 e. The van der Waals surface area contributed by atoms with E-state index in [1.165, 1.54) is 6.92 Å². The molecule has 0 aliphatic heterocycles. The first kappa shape index (κ1) is 15.8. The molecule has 7 atom stereocenters. The number of rotatable bonds is 1. The summed E-state index contributed by atoms with van der Waals surface area (Å²) in [5, 5.41) is 0. The number of hydrogen-bond donors (Lipinski definition) is 0. The van der Waals surface area contributed by atoms with E-state index in [0.717, 1.165) is 38.5 Å². The zero-order valence-electron chi connectivity index (χ0n) is 15.0. The van der Waals surface area contributed by atoms with E-state index in [9.17, 15) is 14.4 Å². The fraction of sp³-hybridized carbons (Fsp3) is 0.762. The molecule has 0 heterocycles. The molecule has 134 valence electrons. The third kappa shape index (κ3) is 1.67. The normalized spacial score (nSPS) is 52.7. The van der Waals surface area contributed by atoms with E-state index in [1.807, 2.05) is 0 Å². The molecule has 0 amide bonds. The fourth-order valence-electron chi connectivity index (χ4n) is 7.68. The summed E-state index contributed by atoms with van der Waals surface area (Å²) < 4.78 is 5.78. The minimum Gasteiger partial charge on any atom is -0.461 e. The number of carbonyl (C=O) groups is 3. The lowest BCUT2D eigenvalue weighted by molar-refractivity contribution is -0.144. The number of fused-ring (bicyclic) bond motifs is 3. The van der Waals surface area contributed by atoms with E-state index >= 15 is 0 Å². The lowest BCUT2D eigenvalue weighted by atomic mass is 9.51. The fourth-order valence-corrected chi connectivity index (χ4v) is 7.68. The summed E-state index contributed by atoms with van der Waals surface area (Å²) in [6.45, 7) is 3.65. The summed E-state index contributed by atoms with van der Waals surface area (Å²) in [5.41, 5.74) is -0.456. The average Bonchev–Trinajstić information content (AvgIpc) is 3.00. The minimum absolute atomic E-state index is 0.141. The third-order valence-corrected chi connectivity index (χ3v) is 8.72. The lowest BCUT2D eigenvalue weighted by Crippen LogP contribution is -2.48. The van der Waals surface area contributed by atoms with Crippen LogP contribution < -0.4 is 0 Å². The van der Waals surface area contributed by atoms with Gasteiger partial charge in [-0.1, -0.05) is 13.0 Å². The van der Waals surface area contributed by atoms with Crippen LogP contribution in [0.3, 0.4) is 0 Å². The number of esters is 1. The van der Waals surface area contributed by atoms with E-state index in [-0.39, 0.29) is 34.1 Å². The molecule has 0 radical (unpaired) electrons. The van der Waals surface area contributed by atoms with Crippen molar-refractivity contribution in [2.75, 3.05) is 0 Å². The van der Waals surface area contributed by atoms with Gasteiger partial charge in [-0.3, -0.25) is 14.4 Å². The van der Waals surface area contributed by atoms with Gasteiger partial charge in [0.2, 0.25) is 0 Å². The highest BCUT2D eigenvalue weighted by atomic mass is 16.6. The number of carbonyl (C=O) groups excluding carboxylic acids is 3. The van der Waals surface area contributed by atoms with Gasteiger partial charge in [-0.2, -0.15) is 0 Å². The molecule has 4 saturated carbocycles. The summed E-state index contributed by atoms with van der Waals surface area (Å²) in [7, 11) is 0. The van der Waals surface area contributed by atoms with Crippen LogP contribution >= 0.6 is 0 Å². The molecular weight excluding hydrogens is 316 g/mol. The van der Waals surface area contributed by atoms with E-state index in [1.54, 1.807) is 6.08 Å². The smallest absolute Gasteiger partial charge is 0.302 e. The van der Waals surface area contributed by atoms with Crippen molar-refractivity contribution in [3.8, 4) is 0 Å². The molecule has 5 aliphatic rings. The molecule has 25 heavy (non-hydrogen) atoms. The maximum absolute atomic E-state index is 12.5. The Morgan fingerprint density at radius 1 is 1.16 bits per heavy atom. The van der Waals surface area contributed by atoms with Crippen LogP contribution in [0.25, 0.3) is 0 Å². The summed E-state index contributed by atoms with van der Waals surface area (Å²) in [6, 6.07) is 0. The molecule has 0 aromatic heterocycles. The zero-order chi connectivity index (χ0) is 17.6. The topological polar surface area (TPSA) is 60.4 Å². The van der Waals surface area contributed by atoms with Gasteiger partial charge in [0.05, 0.1) is 0 Å². The second-order valence-corrected chi connectivity index (χ2v) is 9.39. The Hall–Kier alpha value is -1.45. The van der Waals surface area contributed by atoms with Gasteiger partial charge in [0, 0.05) is 36.0 Å². The molecule has 4 heteroatoms. The predicted octanol–water partition coefficient (Wildman–Crippen LogP) is 3.24. The van der Waals surface area contributed by atoms with Crippen molar-refractivity contribution in [1.29, 1.82) is 0 Å². The molecule has 0 spiro atoms. The number of Topliss-reactive ketones (excluding diaryl/α,β-unsaturated/α-hetero) is 1. The molecule has 4 fully saturated rings. The molecule has 5 aliphatic carbocycles. The highest BCUT2D eigenvalue weighted by Crippen LogP contribution is 2.81. The van der Waals surface area contributed by atoms with Crippen LogP contribution in [0.2, 0.25) is 0 Å². The average molecular weight is 342 g/mol. The number of ether oxygens (including phenoxy) is 1. The standard InChI is InChI=1S/C21H26O4/c1-12(22)25-18-20-9-6-14-15-3-4-17(24)19(15,2)8-7-16(14)21(18,20)10-5-13(23)11-20/h5,10,14-16,18H,3-4,6-9,11H2,1-2H3/t14-,15-,16-,18+,19-,20+,21+/m0/s1. The van der Waals surface area contributed by atoms with Gasteiger partial charge in [-0.25, -0.2) is 0 Å². The summed E-state index contributed by atoms with van der Waals surface area (Å²) >= 11 is 0. The number of hydrogen-bond acceptors (Lipinski definition) is 4. The van der Waals surface area contributed by atoms with Crippen molar-refractivity contribution in [2.45, 2.75) is 64.9 Å². The summed E-state index contributed by atoms with van der Waals surface area (Å²) in [6.07, 6.45) is 9.93. The van der Waals surface area contributed by atoms with Gasteiger partial charge in [0.25, 0.3) is 0 Å². The predicted molar refractivity (Wildman–Crippen MR) is 90.5 cm³/mol. The van der Waals surface area contributed by atoms with Crippen LogP contribution in [0.4, 0.5) is 0 Å². The van der Waals surface area contributed by atoms with E-state index in [4.69, 9.17) is 4.74 Å². The molecule has 0 aromatic carbocycles. The minimum atomic E-state index is -0.242. The van der Waals surface area contributed by atoms with Gasteiger partial charge in [-0.15, -0.1) is 0 Å². The van der Waals surface area contributed by atoms with Gasteiger partial charge < -0.3 is 4.74 Å². The first-order chi connectivity index (χ1) is 11.8. The van der Waals surface area contributed by atoms with Crippen LogP contribution in [-0.2, 0) is 19.1 Å². The molecule has 4 nitrogen and oxygen atoms in total.